The third-order valence-electron chi connectivity index (χ3n) is 1.94. The first-order valence-corrected chi connectivity index (χ1v) is 5.82. The van der Waals surface area contributed by atoms with E-state index < -0.39 is 4.92 Å². The van der Waals surface area contributed by atoms with Crippen LogP contribution in [0.4, 0.5) is 16.2 Å². The van der Waals surface area contributed by atoms with Crippen molar-refractivity contribution >= 4 is 33.3 Å². The number of carbonyl (C=O) groups excluding carboxylic acids is 1. The molecule has 0 fully saturated rings. The van der Waals surface area contributed by atoms with Crippen molar-refractivity contribution in [1.29, 1.82) is 0 Å². The first-order valence-electron chi connectivity index (χ1n) is 5.03. The van der Waals surface area contributed by atoms with Crippen molar-refractivity contribution in [3.05, 3.63) is 32.8 Å². The second-order valence-corrected chi connectivity index (χ2v) is 4.16. The second kappa shape index (κ2) is 6.19. The number of nitrogens with one attached hydrogen (secondary N) is 2. The van der Waals surface area contributed by atoms with E-state index in [1.54, 1.807) is 6.07 Å². The summed E-state index contributed by atoms with van der Waals surface area (Å²) < 4.78 is 0.377. The number of rotatable bonds is 4. The molecular formula is C10H12BrN3O3. The van der Waals surface area contributed by atoms with Gasteiger partial charge in [-0.15, -0.1) is 0 Å². The summed E-state index contributed by atoms with van der Waals surface area (Å²) in [5, 5.41) is 15.8. The fourth-order valence-electron chi connectivity index (χ4n) is 1.14. The molecule has 0 aliphatic rings. The number of urea groups is 1. The minimum absolute atomic E-state index is 0.0849. The molecule has 92 valence electrons. The molecule has 0 aliphatic heterocycles. The molecule has 0 heterocycles. The van der Waals surface area contributed by atoms with E-state index in [4.69, 9.17) is 0 Å². The molecule has 2 N–H and O–H groups in total. The van der Waals surface area contributed by atoms with Gasteiger partial charge in [0, 0.05) is 18.3 Å². The van der Waals surface area contributed by atoms with Gasteiger partial charge in [0.25, 0.3) is 5.69 Å². The highest BCUT2D eigenvalue weighted by molar-refractivity contribution is 9.10. The number of nitrogens with zero attached hydrogens (tertiary/aromatic N) is 1. The number of nitro benzene ring substituents is 1. The van der Waals surface area contributed by atoms with Gasteiger partial charge in [0.2, 0.25) is 0 Å². The smallest absolute Gasteiger partial charge is 0.319 e. The Kier molecular flexibility index (Phi) is 4.89. The minimum Gasteiger partial charge on any atom is -0.338 e. The maximum atomic E-state index is 11.3. The molecular weight excluding hydrogens is 290 g/mol. The van der Waals surface area contributed by atoms with Crippen molar-refractivity contribution in [3.63, 3.8) is 0 Å². The number of halogens is 1. The molecule has 0 radical (unpaired) electrons. The molecule has 0 aliphatic carbocycles. The number of carbonyl (C=O) groups is 1. The number of amides is 2. The Hall–Kier alpha value is -1.63. The van der Waals surface area contributed by atoms with Crippen LogP contribution in [0.5, 0.6) is 0 Å². The summed E-state index contributed by atoms with van der Waals surface area (Å²) in [6.07, 6.45) is 0.827. The van der Waals surface area contributed by atoms with Crippen LogP contribution in [-0.2, 0) is 0 Å². The number of hydrogen-bond donors (Lipinski definition) is 2. The zero-order chi connectivity index (χ0) is 12.8. The van der Waals surface area contributed by atoms with Crippen molar-refractivity contribution in [2.45, 2.75) is 13.3 Å². The number of benzene rings is 1. The molecule has 0 unspecified atom stereocenters. The number of hydrogen-bond acceptors (Lipinski definition) is 3. The fraction of sp³-hybridized carbons (Fsp3) is 0.300. The van der Waals surface area contributed by atoms with E-state index in [9.17, 15) is 14.9 Å². The standard InChI is InChI=1S/C10H12BrN3O3/c1-2-5-12-10(15)13-7-3-4-8(11)9(6-7)14(16)17/h3-4,6H,2,5H2,1H3,(H2,12,13,15). The van der Waals surface area contributed by atoms with Gasteiger partial charge >= 0.3 is 6.03 Å². The highest BCUT2D eigenvalue weighted by atomic mass is 79.9. The quantitative estimate of drug-likeness (QED) is 0.662. The molecule has 1 aromatic rings. The van der Waals surface area contributed by atoms with Gasteiger partial charge in [-0.05, 0) is 34.5 Å². The molecule has 1 rings (SSSR count). The monoisotopic (exact) mass is 301 g/mol. The van der Waals surface area contributed by atoms with Crippen LogP contribution in [0, 0.1) is 10.1 Å². The molecule has 2 amide bonds. The topological polar surface area (TPSA) is 84.3 Å². The fourth-order valence-corrected chi connectivity index (χ4v) is 1.54. The summed E-state index contributed by atoms with van der Waals surface area (Å²) in [5.74, 6) is 0. The normalized spacial score (nSPS) is 9.76. The maximum absolute atomic E-state index is 11.3. The van der Waals surface area contributed by atoms with Gasteiger partial charge in [0.05, 0.1) is 9.40 Å². The SMILES string of the molecule is CCCNC(=O)Nc1ccc(Br)c([N+](=O)[O-])c1. The summed E-state index contributed by atoms with van der Waals surface area (Å²) >= 11 is 3.07. The van der Waals surface area contributed by atoms with E-state index in [0.717, 1.165) is 6.42 Å². The van der Waals surface area contributed by atoms with Crippen LogP contribution in [0.3, 0.4) is 0 Å². The predicted molar refractivity (Wildman–Crippen MR) is 68.1 cm³/mol. The van der Waals surface area contributed by atoms with Gasteiger partial charge in [-0.3, -0.25) is 10.1 Å². The third kappa shape index (κ3) is 4.03. The summed E-state index contributed by atoms with van der Waals surface area (Å²) in [6, 6.07) is 4.04. The third-order valence-corrected chi connectivity index (χ3v) is 2.61. The Labute approximate surface area is 107 Å². The van der Waals surface area contributed by atoms with Crippen LogP contribution in [0.1, 0.15) is 13.3 Å². The van der Waals surface area contributed by atoms with Crippen molar-refractivity contribution < 1.29 is 9.72 Å². The molecule has 0 aromatic heterocycles. The van der Waals surface area contributed by atoms with E-state index in [2.05, 4.69) is 26.6 Å². The van der Waals surface area contributed by atoms with Crippen LogP contribution in [0.15, 0.2) is 22.7 Å². The Bertz CT molecular complexity index is 437. The van der Waals surface area contributed by atoms with Gasteiger partial charge < -0.3 is 10.6 Å². The highest BCUT2D eigenvalue weighted by Gasteiger charge is 2.13. The van der Waals surface area contributed by atoms with Gasteiger partial charge in [0.1, 0.15) is 0 Å². The van der Waals surface area contributed by atoms with E-state index in [0.29, 0.717) is 16.7 Å². The summed E-state index contributed by atoms with van der Waals surface area (Å²) in [6.45, 7) is 2.50. The molecule has 1 aromatic carbocycles. The molecule has 0 spiro atoms. The molecule has 0 atom stereocenters. The van der Waals surface area contributed by atoms with Crippen molar-refractivity contribution in [3.8, 4) is 0 Å². The van der Waals surface area contributed by atoms with Crippen LogP contribution in [0.25, 0.3) is 0 Å². The van der Waals surface area contributed by atoms with Gasteiger partial charge in [-0.25, -0.2) is 4.79 Å². The largest absolute Gasteiger partial charge is 0.338 e. The average molecular weight is 302 g/mol. The lowest BCUT2D eigenvalue weighted by atomic mass is 10.3. The van der Waals surface area contributed by atoms with E-state index in [1.807, 2.05) is 6.92 Å². The zero-order valence-electron chi connectivity index (χ0n) is 9.20. The van der Waals surface area contributed by atoms with E-state index >= 15 is 0 Å². The Balaban J connectivity index is 2.75. The van der Waals surface area contributed by atoms with Gasteiger partial charge in [-0.1, -0.05) is 6.92 Å². The lowest BCUT2D eigenvalue weighted by Crippen LogP contribution is -2.29. The van der Waals surface area contributed by atoms with Gasteiger partial charge in [0.15, 0.2) is 0 Å². The number of anilines is 1. The summed E-state index contributed by atoms with van der Waals surface area (Å²) in [4.78, 5) is 21.5. The molecule has 17 heavy (non-hydrogen) atoms. The lowest BCUT2D eigenvalue weighted by Gasteiger charge is -2.06. The van der Waals surface area contributed by atoms with Crippen LogP contribution < -0.4 is 10.6 Å². The first-order chi connectivity index (χ1) is 8.04. The first kappa shape index (κ1) is 13.4. The lowest BCUT2D eigenvalue weighted by molar-refractivity contribution is -0.385. The van der Waals surface area contributed by atoms with E-state index in [1.165, 1.54) is 12.1 Å². The summed E-state index contributed by atoms with van der Waals surface area (Å²) in [7, 11) is 0. The molecule has 0 bridgehead atoms. The van der Waals surface area contributed by atoms with Crippen LogP contribution >= 0.6 is 15.9 Å². The van der Waals surface area contributed by atoms with Crippen molar-refractivity contribution in [2.24, 2.45) is 0 Å². The molecule has 0 saturated heterocycles. The zero-order valence-corrected chi connectivity index (χ0v) is 10.8. The Morgan fingerprint density at radius 3 is 2.82 bits per heavy atom. The average Bonchev–Trinajstić information content (AvgIpc) is 2.28. The predicted octanol–water partition coefficient (Wildman–Crippen LogP) is 2.89. The highest BCUT2D eigenvalue weighted by Crippen LogP contribution is 2.27. The Morgan fingerprint density at radius 2 is 2.24 bits per heavy atom. The maximum Gasteiger partial charge on any atom is 0.319 e. The minimum atomic E-state index is -0.515. The molecule has 6 nitrogen and oxygen atoms in total. The Morgan fingerprint density at radius 1 is 1.53 bits per heavy atom. The van der Waals surface area contributed by atoms with Crippen LogP contribution in [-0.4, -0.2) is 17.5 Å². The number of nitro groups is 1. The van der Waals surface area contributed by atoms with Gasteiger partial charge in [-0.2, -0.15) is 0 Å². The van der Waals surface area contributed by atoms with Crippen molar-refractivity contribution in [1.82, 2.24) is 5.32 Å². The van der Waals surface area contributed by atoms with E-state index in [-0.39, 0.29) is 11.7 Å². The van der Waals surface area contributed by atoms with Crippen LogP contribution in [0.2, 0.25) is 0 Å². The molecule has 7 heteroatoms. The molecule has 0 saturated carbocycles. The second-order valence-electron chi connectivity index (χ2n) is 3.30. The summed E-state index contributed by atoms with van der Waals surface area (Å²) in [5.41, 5.74) is 0.298. The van der Waals surface area contributed by atoms with Crippen molar-refractivity contribution in [2.75, 3.05) is 11.9 Å².